The molecule has 0 radical (unpaired) electrons. The zero-order valence-electron chi connectivity index (χ0n) is 16.2. The molecule has 9 heteroatoms. The van der Waals surface area contributed by atoms with Crippen LogP contribution >= 0.6 is 0 Å². The molecule has 0 saturated carbocycles. The smallest absolute Gasteiger partial charge is 0.269 e. The number of hydrogen-bond acceptors (Lipinski definition) is 7. The first-order valence-corrected chi connectivity index (χ1v) is 9.33. The number of aromatic amines is 1. The van der Waals surface area contributed by atoms with Gasteiger partial charge in [0.25, 0.3) is 11.2 Å². The number of rotatable bonds is 7. The topological polar surface area (TPSA) is 123 Å². The van der Waals surface area contributed by atoms with Crippen molar-refractivity contribution in [1.82, 2.24) is 9.97 Å². The number of nitro groups is 1. The molecule has 2 N–H and O–H groups in total. The normalized spacial score (nSPS) is 11.0. The second-order valence-corrected chi connectivity index (χ2v) is 6.58. The van der Waals surface area contributed by atoms with Gasteiger partial charge in [0, 0.05) is 12.1 Å². The molecule has 0 aliphatic heterocycles. The average Bonchev–Trinajstić information content (AvgIpc) is 2.79. The molecule has 3 aromatic carbocycles. The van der Waals surface area contributed by atoms with Crippen molar-refractivity contribution in [1.29, 1.82) is 0 Å². The summed E-state index contributed by atoms with van der Waals surface area (Å²) < 4.78 is 5.70. The maximum Gasteiger partial charge on any atom is 0.269 e. The van der Waals surface area contributed by atoms with Crippen molar-refractivity contribution < 1.29 is 9.66 Å². The zero-order chi connectivity index (χ0) is 21.6. The lowest BCUT2D eigenvalue weighted by Gasteiger charge is -2.06. The third kappa shape index (κ3) is 4.91. The van der Waals surface area contributed by atoms with Crippen molar-refractivity contribution in [3.63, 3.8) is 0 Å². The molecule has 0 unspecified atom stereocenters. The molecule has 4 aromatic rings. The van der Waals surface area contributed by atoms with Gasteiger partial charge in [-0.2, -0.15) is 5.10 Å². The maximum atomic E-state index is 12.0. The molecule has 0 saturated heterocycles. The Morgan fingerprint density at radius 3 is 2.55 bits per heavy atom. The summed E-state index contributed by atoms with van der Waals surface area (Å²) in [6.07, 6.45) is 1.59. The lowest BCUT2D eigenvalue weighted by atomic mass is 10.2. The van der Waals surface area contributed by atoms with Gasteiger partial charge in [-0.1, -0.05) is 12.1 Å². The van der Waals surface area contributed by atoms with E-state index in [1.54, 1.807) is 48.7 Å². The van der Waals surface area contributed by atoms with Crippen LogP contribution in [0.2, 0.25) is 0 Å². The van der Waals surface area contributed by atoms with Crippen molar-refractivity contribution in [3.8, 4) is 5.75 Å². The Hall–Kier alpha value is -4.53. The first-order chi connectivity index (χ1) is 15.1. The summed E-state index contributed by atoms with van der Waals surface area (Å²) in [5, 5.41) is 15.3. The fourth-order valence-electron chi connectivity index (χ4n) is 2.84. The number of benzene rings is 3. The molecule has 1 aromatic heterocycles. The van der Waals surface area contributed by atoms with Crippen molar-refractivity contribution >= 4 is 28.8 Å². The van der Waals surface area contributed by atoms with E-state index in [9.17, 15) is 14.9 Å². The van der Waals surface area contributed by atoms with Gasteiger partial charge < -0.3 is 4.74 Å². The number of aromatic nitrogens is 2. The minimum absolute atomic E-state index is 0.0453. The van der Waals surface area contributed by atoms with E-state index in [1.165, 1.54) is 12.1 Å². The molecule has 0 bridgehead atoms. The second kappa shape index (κ2) is 8.87. The monoisotopic (exact) mass is 415 g/mol. The fourth-order valence-corrected chi connectivity index (χ4v) is 2.84. The van der Waals surface area contributed by atoms with Gasteiger partial charge in [0.05, 0.1) is 22.0 Å². The summed E-state index contributed by atoms with van der Waals surface area (Å²) in [6.45, 7) is 0.300. The second-order valence-electron chi connectivity index (χ2n) is 6.58. The van der Waals surface area contributed by atoms with Gasteiger partial charge in [-0.3, -0.25) is 19.9 Å². The average molecular weight is 415 g/mol. The molecule has 1 heterocycles. The van der Waals surface area contributed by atoms with Crippen molar-refractivity contribution in [2.24, 2.45) is 5.10 Å². The van der Waals surface area contributed by atoms with Crippen LogP contribution in [0.25, 0.3) is 10.9 Å². The number of hydrazone groups is 1. The Morgan fingerprint density at radius 2 is 1.81 bits per heavy atom. The van der Waals surface area contributed by atoms with Crippen LogP contribution in [0.1, 0.15) is 11.1 Å². The van der Waals surface area contributed by atoms with Crippen molar-refractivity contribution in [2.75, 3.05) is 5.43 Å². The lowest BCUT2D eigenvalue weighted by Crippen LogP contribution is -2.10. The number of para-hydroxylation sites is 1. The molecular formula is C22H17N5O4. The molecule has 0 spiro atoms. The van der Waals surface area contributed by atoms with E-state index in [1.807, 2.05) is 18.2 Å². The number of non-ortho nitro benzene ring substituents is 1. The summed E-state index contributed by atoms with van der Waals surface area (Å²) in [5.41, 5.74) is 4.76. The van der Waals surface area contributed by atoms with E-state index in [4.69, 9.17) is 4.74 Å². The van der Waals surface area contributed by atoms with E-state index >= 15 is 0 Å². The van der Waals surface area contributed by atoms with Crippen LogP contribution < -0.4 is 15.7 Å². The molecule has 0 aliphatic rings. The van der Waals surface area contributed by atoms with Gasteiger partial charge in [0.15, 0.2) is 0 Å². The molecule has 154 valence electrons. The summed E-state index contributed by atoms with van der Waals surface area (Å²) in [7, 11) is 0. The number of H-pyrrole nitrogens is 1. The van der Waals surface area contributed by atoms with Crippen LogP contribution in [-0.2, 0) is 6.61 Å². The predicted octanol–water partition coefficient (Wildman–Crippen LogP) is 3.86. The first-order valence-electron chi connectivity index (χ1n) is 9.33. The van der Waals surface area contributed by atoms with Crippen LogP contribution in [0, 0.1) is 10.1 Å². The molecule has 0 fully saturated rings. The summed E-state index contributed by atoms with van der Waals surface area (Å²) in [6, 6.07) is 20.5. The molecule has 31 heavy (non-hydrogen) atoms. The van der Waals surface area contributed by atoms with E-state index in [0.717, 1.165) is 11.1 Å². The first kappa shape index (κ1) is 19.8. The lowest BCUT2D eigenvalue weighted by molar-refractivity contribution is -0.384. The predicted molar refractivity (Wildman–Crippen MR) is 117 cm³/mol. The Labute approximate surface area is 176 Å². The summed E-state index contributed by atoms with van der Waals surface area (Å²) >= 11 is 0. The van der Waals surface area contributed by atoms with Gasteiger partial charge in [-0.25, -0.2) is 10.4 Å². The van der Waals surface area contributed by atoms with E-state index in [0.29, 0.717) is 23.3 Å². The maximum absolute atomic E-state index is 12.0. The summed E-state index contributed by atoms with van der Waals surface area (Å²) in [5.74, 6) is 0.909. The van der Waals surface area contributed by atoms with E-state index in [-0.39, 0.29) is 17.2 Å². The molecular weight excluding hydrogens is 398 g/mol. The minimum Gasteiger partial charge on any atom is -0.489 e. The van der Waals surface area contributed by atoms with Gasteiger partial charge in [-0.05, 0) is 59.7 Å². The number of nitrogens with one attached hydrogen (secondary N) is 2. The standard InChI is InChI=1S/C22H17N5O4/c28-21-19-3-1-2-4-20(19)24-22(25-21)26-23-13-15-7-11-18(12-8-15)31-14-16-5-9-17(10-6-16)27(29)30/h1-13H,14H2,(H2,24,25,26,28)/b23-13-. The number of hydrogen-bond donors (Lipinski definition) is 2. The van der Waals surface area contributed by atoms with Crippen LogP contribution in [-0.4, -0.2) is 21.1 Å². The Balaban J connectivity index is 1.34. The van der Waals surface area contributed by atoms with Gasteiger partial charge in [0.1, 0.15) is 12.4 Å². The molecule has 9 nitrogen and oxygen atoms in total. The minimum atomic E-state index is -0.437. The van der Waals surface area contributed by atoms with Crippen LogP contribution in [0.15, 0.2) is 82.7 Å². The number of fused-ring (bicyclic) bond motifs is 1. The van der Waals surface area contributed by atoms with Crippen LogP contribution in [0.5, 0.6) is 5.75 Å². The molecule has 0 atom stereocenters. The highest BCUT2D eigenvalue weighted by molar-refractivity contribution is 5.81. The number of ether oxygens (including phenoxy) is 1. The molecule has 0 aliphatic carbocycles. The van der Waals surface area contributed by atoms with Crippen molar-refractivity contribution in [3.05, 3.63) is 104 Å². The van der Waals surface area contributed by atoms with Crippen molar-refractivity contribution in [2.45, 2.75) is 6.61 Å². The highest BCUT2D eigenvalue weighted by atomic mass is 16.6. The van der Waals surface area contributed by atoms with E-state index in [2.05, 4.69) is 20.5 Å². The SMILES string of the molecule is O=c1[nH]c(N/N=C\c2ccc(OCc3ccc([N+](=O)[O-])cc3)cc2)nc2ccccc12. The largest absolute Gasteiger partial charge is 0.489 e. The highest BCUT2D eigenvalue weighted by Crippen LogP contribution is 2.16. The quantitative estimate of drug-likeness (QED) is 0.268. The van der Waals surface area contributed by atoms with Gasteiger partial charge >= 0.3 is 0 Å². The highest BCUT2D eigenvalue weighted by Gasteiger charge is 2.04. The Kier molecular flexibility index (Phi) is 5.66. The third-order valence-electron chi connectivity index (χ3n) is 4.43. The molecule has 0 amide bonds. The van der Waals surface area contributed by atoms with E-state index < -0.39 is 4.92 Å². The summed E-state index contributed by atoms with van der Waals surface area (Å²) in [4.78, 5) is 29.2. The number of nitrogens with zero attached hydrogens (tertiary/aromatic N) is 3. The zero-order valence-corrected chi connectivity index (χ0v) is 16.2. The fraction of sp³-hybridized carbons (Fsp3) is 0.0455. The Morgan fingerprint density at radius 1 is 1.06 bits per heavy atom. The third-order valence-corrected chi connectivity index (χ3v) is 4.43. The Bertz CT molecular complexity index is 1300. The van der Waals surface area contributed by atoms with Gasteiger partial charge in [-0.15, -0.1) is 0 Å². The van der Waals surface area contributed by atoms with Crippen LogP contribution in [0.3, 0.4) is 0 Å². The molecule has 4 rings (SSSR count). The number of anilines is 1. The van der Waals surface area contributed by atoms with Crippen LogP contribution in [0.4, 0.5) is 11.6 Å². The van der Waals surface area contributed by atoms with Gasteiger partial charge in [0.2, 0.25) is 5.95 Å². The number of nitro benzene ring substituents is 1.